The molecule has 2 bridgehead atoms. The number of aromatic nitrogens is 4. The zero-order chi connectivity index (χ0) is 22.5. The molecule has 168 valence electrons. The summed E-state index contributed by atoms with van der Waals surface area (Å²) < 4.78 is 14.4. The van der Waals surface area contributed by atoms with Crippen LogP contribution in [0.4, 0.5) is 10.2 Å². The Morgan fingerprint density at radius 2 is 1.79 bits per heavy atom. The number of hydrogen-bond acceptors (Lipinski definition) is 4. The van der Waals surface area contributed by atoms with E-state index in [0.29, 0.717) is 34.9 Å². The summed E-state index contributed by atoms with van der Waals surface area (Å²) in [5, 5.41) is 4.53. The van der Waals surface area contributed by atoms with Gasteiger partial charge in [-0.3, -0.25) is 0 Å². The number of pyridine rings is 1. The van der Waals surface area contributed by atoms with Crippen molar-refractivity contribution in [1.82, 2.24) is 19.9 Å². The summed E-state index contributed by atoms with van der Waals surface area (Å²) in [5.41, 5.74) is 3.85. The van der Waals surface area contributed by atoms with Gasteiger partial charge in [0.1, 0.15) is 17.3 Å². The highest BCUT2D eigenvalue weighted by Crippen LogP contribution is 2.46. The van der Waals surface area contributed by atoms with Crippen molar-refractivity contribution < 1.29 is 4.39 Å². The number of rotatable bonds is 4. The summed E-state index contributed by atoms with van der Waals surface area (Å²) in [6.07, 6.45) is 8.38. The number of fused-ring (bicyclic) bond motifs is 4. The topological polar surface area (TPSA) is 66.5 Å². The third kappa shape index (κ3) is 3.48. The minimum absolute atomic E-state index is 0.326. The molecule has 0 aliphatic heterocycles. The maximum absolute atomic E-state index is 14.4. The molecule has 3 fully saturated rings. The molecule has 7 rings (SSSR count). The van der Waals surface area contributed by atoms with Crippen LogP contribution in [0.25, 0.3) is 33.7 Å². The van der Waals surface area contributed by atoms with Gasteiger partial charge in [-0.25, -0.2) is 19.3 Å². The van der Waals surface area contributed by atoms with Gasteiger partial charge in [-0.2, -0.15) is 0 Å². The number of benzene rings is 1. The first-order chi connectivity index (χ1) is 16.1. The number of nitrogens with zero attached hydrogens (tertiary/aromatic N) is 3. The highest BCUT2D eigenvalue weighted by Gasteiger charge is 2.41. The second-order valence-corrected chi connectivity index (χ2v) is 9.69. The standard InChI is InChI=1S/C27H28FN5/c1-15-17-8-10-19(11-9-17)25(15)32-23-12-22(18-6-4-3-5-7-18)31-26(33-23)20-13-29-27-24(20)16(2)21(28)14-30-27/h3-7,12-15,17,19,25H,8-11H2,1-2H3,(H,29,30)(H,31,32,33). The van der Waals surface area contributed by atoms with E-state index >= 15 is 0 Å². The third-order valence-electron chi connectivity index (χ3n) is 7.89. The molecule has 4 aromatic rings. The first-order valence-electron chi connectivity index (χ1n) is 11.9. The van der Waals surface area contributed by atoms with Crippen LogP contribution in [-0.2, 0) is 0 Å². The molecule has 33 heavy (non-hydrogen) atoms. The summed E-state index contributed by atoms with van der Waals surface area (Å²) in [6.45, 7) is 4.16. The maximum atomic E-state index is 14.4. The lowest BCUT2D eigenvalue weighted by Crippen LogP contribution is -2.47. The molecule has 3 saturated carbocycles. The van der Waals surface area contributed by atoms with Crippen molar-refractivity contribution in [3.8, 4) is 22.6 Å². The molecular formula is C27H28FN5. The molecule has 0 radical (unpaired) electrons. The van der Waals surface area contributed by atoms with Gasteiger partial charge in [0, 0.05) is 34.8 Å². The van der Waals surface area contributed by atoms with E-state index in [4.69, 9.17) is 9.97 Å². The Bertz CT molecular complexity index is 1310. The van der Waals surface area contributed by atoms with E-state index in [2.05, 4.69) is 34.3 Å². The second-order valence-electron chi connectivity index (χ2n) is 9.69. The molecule has 6 heteroatoms. The molecule has 2 unspecified atom stereocenters. The van der Waals surface area contributed by atoms with Gasteiger partial charge in [-0.05, 0) is 55.9 Å². The molecule has 2 N–H and O–H groups in total. The van der Waals surface area contributed by atoms with E-state index in [1.165, 1.54) is 31.9 Å². The fraction of sp³-hybridized carbons (Fsp3) is 0.370. The van der Waals surface area contributed by atoms with Crippen LogP contribution in [0.1, 0.15) is 38.2 Å². The Hall–Kier alpha value is -3.28. The predicted octanol–water partition coefficient (Wildman–Crippen LogP) is 6.37. The molecule has 3 aliphatic carbocycles. The van der Waals surface area contributed by atoms with Crippen molar-refractivity contribution in [2.24, 2.45) is 17.8 Å². The van der Waals surface area contributed by atoms with E-state index in [1.54, 1.807) is 6.92 Å². The van der Waals surface area contributed by atoms with Gasteiger partial charge in [0.15, 0.2) is 5.82 Å². The summed E-state index contributed by atoms with van der Waals surface area (Å²) in [5.74, 6) is 3.21. The predicted molar refractivity (Wildman–Crippen MR) is 129 cm³/mol. The van der Waals surface area contributed by atoms with Gasteiger partial charge >= 0.3 is 0 Å². The number of aryl methyl sites for hydroxylation is 1. The molecule has 3 aromatic heterocycles. The fourth-order valence-electron chi connectivity index (χ4n) is 5.98. The molecule has 3 aliphatic rings. The molecule has 1 aromatic carbocycles. The first-order valence-corrected chi connectivity index (χ1v) is 11.9. The lowest BCUT2D eigenvalue weighted by molar-refractivity contribution is 0.0928. The Labute approximate surface area is 192 Å². The van der Waals surface area contributed by atoms with Crippen LogP contribution in [0.15, 0.2) is 48.8 Å². The van der Waals surface area contributed by atoms with Crippen molar-refractivity contribution in [2.45, 2.75) is 45.6 Å². The van der Waals surface area contributed by atoms with Crippen molar-refractivity contribution in [3.05, 3.63) is 60.2 Å². The van der Waals surface area contributed by atoms with Gasteiger partial charge in [-0.15, -0.1) is 0 Å². The van der Waals surface area contributed by atoms with Crippen LogP contribution >= 0.6 is 0 Å². The zero-order valence-corrected chi connectivity index (χ0v) is 19.0. The average molecular weight is 442 g/mol. The van der Waals surface area contributed by atoms with Crippen LogP contribution in [0.2, 0.25) is 0 Å². The Morgan fingerprint density at radius 1 is 1.03 bits per heavy atom. The minimum atomic E-state index is -0.326. The summed E-state index contributed by atoms with van der Waals surface area (Å²) >= 11 is 0. The first kappa shape index (κ1) is 20.3. The van der Waals surface area contributed by atoms with Crippen LogP contribution in [0.3, 0.4) is 0 Å². The smallest absolute Gasteiger partial charge is 0.164 e. The van der Waals surface area contributed by atoms with Crippen LogP contribution in [0, 0.1) is 30.5 Å². The highest BCUT2D eigenvalue weighted by atomic mass is 19.1. The third-order valence-corrected chi connectivity index (χ3v) is 7.89. The number of halogens is 1. The fourth-order valence-corrected chi connectivity index (χ4v) is 5.98. The molecular weight excluding hydrogens is 413 g/mol. The Kier molecular flexibility index (Phi) is 4.89. The van der Waals surface area contributed by atoms with E-state index in [-0.39, 0.29) is 5.82 Å². The Balaban J connectivity index is 1.47. The van der Waals surface area contributed by atoms with E-state index < -0.39 is 0 Å². The maximum Gasteiger partial charge on any atom is 0.164 e. The Morgan fingerprint density at radius 3 is 2.55 bits per heavy atom. The number of aromatic amines is 1. The van der Waals surface area contributed by atoms with Crippen LogP contribution < -0.4 is 5.32 Å². The molecule has 2 atom stereocenters. The van der Waals surface area contributed by atoms with Crippen molar-refractivity contribution in [3.63, 3.8) is 0 Å². The highest BCUT2D eigenvalue weighted by molar-refractivity contribution is 5.94. The van der Waals surface area contributed by atoms with Crippen molar-refractivity contribution in [1.29, 1.82) is 0 Å². The largest absolute Gasteiger partial charge is 0.367 e. The van der Waals surface area contributed by atoms with Gasteiger partial charge in [0.05, 0.1) is 11.9 Å². The quantitative estimate of drug-likeness (QED) is 0.386. The minimum Gasteiger partial charge on any atom is -0.367 e. The molecule has 0 spiro atoms. The van der Waals surface area contributed by atoms with Crippen molar-refractivity contribution >= 4 is 16.9 Å². The van der Waals surface area contributed by atoms with Gasteiger partial charge in [0.25, 0.3) is 0 Å². The molecule has 0 amide bonds. The summed E-state index contributed by atoms with van der Waals surface area (Å²) in [7, 11) is 0. The summed E-state index contributed by atoms with van der Waals surface area (Å²) in [4.78, 5) is 17.2. The summed E-state index contributed by atoms with van der Waals surface area (Å²) in [6, 6.07) is 12.6. The van der Waals surface area contributed by atoms with E-state index in [1.807, 2.05) is 30.5 Å². The second kappa shape index (κ2) is 7.94. The van der Waals surface area contributed by atoms with Gasteiger partial charge in [0.2, 0.25) is 0 Å². The van der Waals surface area contributed by atoms with Crippen LogP contribution in [0.5, 0.6) is 0 Å². The number of H-pyrrole nitrogens is 1. The molecule has 5 nitrogen and oxygen atoms in total. The average Bonchev–Trinajstić information content (AvgIpc) is 3.29. The van der Waals surface area contributed by atoms with Crippen LogP contribution in [-0.4, -0.2) is 26.0 Å². The van der Waals surface area contributed by atoms with Gasteiger partial charge < -0.3 is 10.3 Å². The monoisotopic (exact) mass is 441 g/mol. The normalized spacial score (nSPS) is 24.3. The number of anilines is 1. The van der Waals surface area contributed by atoms with Crippen molar-refractivity contribution in [2.75, 3.05) is 5.32 Å². The lowest BCUT2D eigenvalue weighted by Gasteiger charge is -2.47. The van der Waals surface area contributed by atoms with E-state index in [9.17, 15) is 4.39 Å². The van der Waals surface area contributed by atoms with E-state index in [0.717, 1.165) is 33.9 Å². The number of nitrogens with one attached hydrogen (secondary N) is 2. The SMILES string of the molecule is Cc1c(F)cnc2[nH]cc(-c3nc(NC4C5CCC(CC5)C4C)cc(-c4ccccc4)n3)c12. The number of hydrogen-bond donors (Lipinski definition) is 2. The zero-order valence-electron chi connectivity index (χ0n) is 19.0. The van der Waals surface area contributed by atoms with Gasteiger partial charge in [-0.1, -0.05) is 37.3 Å². The molecule has 0 saturated heterocycles. The lowest BCUT2D eigenvalue weighted by atomic mass is 9.62. The molecule has 3 heterocycles.